The zero-order valence-electron chi connectivity index (χ0n) is 17.3. The molecule has 2 heterocycles. The van der Waals surface area contributed by atoms with Gasteiger partial charge in [0.05, 0.1) is 17.1 Å². The highest BCUT2D eigenvalue weighted by Gasteiger charge is 2.19. The Bertz CT molecular complexity index is 1020. The second-order valence-corrected chi connectivity index (χ2v) is 8.31. The maximum Gasteiger partial charge on any atom is 0.251 e. The van der Waals surface area contributed by atoms with Gasteiger partial charge in [0.15, 0.2) is 0 Å². The van der Waals surface area contributed by atoms with E-state index in [1.54, 1.807) is 30.5 Å². The van der Waals surface area contributed by atoms with Crippen molar-refractivity contribution in [2.24, 2.45) is 0 Å². The van der Waals surface area contributed by atoms with E-state index >= 15 is 0 Å². The summed E-state index contributed by atoms with van der Waals surface area (Å²) in [7, 11) is 0. The highest BCUT2D eigenvalue weighted by molar-refractivity contribution is 5.96. The van der Waals surface area contributed by atoms with Crippen LogP contribution in [0.3, 0.4) is 0 Å². The number of benzene rings is 1. The number of aromatic nitrogens is 3. The molecule has 0 bridgehead atoms. The molecular weight excluding hydrogens is 367 g/mol. The van der Waals surface area contributed by atoms with Crippen molar-refractivity contribution >= 4 is 5.91 Å². The van der Waals surface area contributed by atoms with Gasteiger partial charge in [0.1, 0.15) is 12.1 Å². The van der Waals surface area contributed by atoms with E-state index in [4.69, 9.17) is 4.98 Å². The zero-order valence-corrected chi connectivity index (χ0v) is 17.3. The topological polar surface area (TPSA) is 67.8 Å². The predicted octanol–water partition coefficient (Wildman–Crippen LogP) is 5.00. The van der Waals surface area contributed by atoms with Crippen LogP contribution in [-0.4, -0.2) is 26.4 Å². The summed E-state index contributed by atoms with van der Waals surface area (Å²) < 4.78 is 13.4. The van der Waals surface area contributed by atoms with Gasteiger partial charge in [-0.25, -0.2) is 19.3 Å². The monoisotopic (exact) mass is 392 g/mol. The average molecular weight is 392 g/mol. The lowest BCUT2D eigenvalue weighted by Gasteiger charge is -2.21. The van der Waals surface area contributed by atoms with Crippen LogP contribution in [0.4, 0.5) is 4.39 Å². The number of carbonyl (C=O) groups excluding carboxylic acids is 1. The third-order valence-corrected chi connectivity index (χ3v) is 4.28. The Morgan fingerprint density at radius 2 is 1.72 bits per heavy atom. The van der Waals surface area contributed by atoms with Gasteiger partial charge in [-0.1, -0.05) is 13.8 Å². The van der Waals surface area contributed by atoms with Gasteiger partial charge in [0.2, 0.25) is 0 Å². The van der Waals surface area contributed by atoms with E-state index in [0.717, 1.165) is 16.8 Å². The van der Waals surface area contributed by atoms with E-state index in [1.165, 1.54) is 18.5 Å². The second-order valence-electron chi connectivity index (χ2n) is 8.31. The molecule has 5 nitrogen and oxygen atoms in total. The fourth-order valence-electron chi connectivity index (χ4n) is 2.98. The first-order valence-corrected chi connectivity index (χ1v) is 9.55. The summed E-state index contributed by atoms with van der Waals surface area (Å²) in [6.45, 7) is 9.87. The molecule has 1 N–H and O–H groups in total. The van der Waals surface area contributed by atoms with Crippen LogP contribution in [0, 0.1) is 5.82 Å². The number of carbonyl (C=O) groups is 1. The fraction of sp³-hybridized carbons (Fsp3) is 0.304. The summed E-state index contributed by atoms with van der Waals surface area (Å²) in [5.74, 6) is -0.363. The van der Waals surface area contributed by atoms with Crippen molar-refractivity contribution in [3.63, 3.8) is 0 Å². The third kappa shape index (κ3) is 5.02. The Morgan fingerprint density at radius 3 is 2.34 bits per heavy atom. The molecule has 1 amide bonds. The van der Waals surface area contributed by atoms with Crippen molar-refractivity contribution in [3.8, 4) is 22.5 Å². The molecule has 3 aromatic rings. The molecule has 0 spiro atoms. The smallest absolute Gasteiger partial charge is 0.251 e. The quantitative estimate of drug-likeness (QED) is 0.679. The molecule has 6 heteroatoms. The maximum atomic E-state index is 13.4. The molecule has 0 saturated heterocycles. The molecule has 0 fully saturated rings. The lowest BCUT2D eigenvalue weighted by Crippen LogP contribution is -2.40. The van der Waals surface area contributed by atoms with E-state index in [1.807, 2.05) is 34.6 Å². The molecule has 0 unspecified atom stereocenters. The average Bonchev–Trinajstić information content (AvgIpc) is 2.67. The van der Waals surface area contributed by atoms with E-state index < -0.39 is 0 Å². The van der Waals surface area contributed by atoms with Crippen LogP contribution in [0.25, 0.3) is 22.5 Å². The van der Waals surface area contributed by atoms with Gasteiger partial charge in [-0.2, -0.15) is 0 Å². The number of rotatable bonds is 4. The van der Waals surface area contributed by atoms with Crippen molar-refractivity contribution in [2.45, 2.75) is 46.1 Å². The number of halogens is 1. The summed E-state index contributed by atoms with van der Waals surface area (Å²) in [4.78, 5) is 26.2. The number of amides is 1. The van der Waals surface area contributed by atoms with E-state index in [0.29, 0.717) is 17.0 Å². The minimum absolute atomic E-state index is 0.163. The Hall–Kier alpha value is -3.15. The van der Waals surface area contributed by atoms with Gasteiger partial charge in [-0.3, -0.25) is 4.79 Å². The molecule has 0 atom stereocenters. The number of hydrogen-bond acceptors (Lipinski definition) is 4. The minimum Gasteiger partial charge on any atom is -0.347 e. The normalized spacial score (nSPS) is 11.6. The van der Waals surface area contributed by atoms with E-state index in [-0.39, 0.29) is 23.2 Å². The third-order valence-electron chi connectivity index (χ3n) is 4.28. The standard InChI is InChI=1S/C23H25FN4O/c1-14(2)21-18(12-25-13-26-21)20-11-16(22(29)28-23(3,4)5)10-19(27-20)15-6-8-17(24)9-7-15/h6-14H,1-5H3,(H,28,29). The van der Waals surface area contributed by atoms with Crippen molar-refractivity contribution in [1.82, 2.24) is 20.3 Å². The first kappa shape index (κ1) is 20.6. The molecule has 0 aliphatic carbocycles. The largest absolute Gasteiger partial charge is 0.347 e. The summed E-state index contributed by atoms with van der Waals surface area (Å²) in [6.07, 6.45) is 3.22. The van der Waals surface area contributed by atoms with Gasteiger partial charge in [0.25, 0.3) is 5.91 Å². The number of pyridine rings is 1. The summed E-state index contributed by atoms with van der Waals surface area (Å²) in [5.41, 5.74) is 3.64. The van der Waals surface area contributed by atoms with Crippen molar-refractivity contribution < 1.29 is 9.18 Å². The highest BCUT2D eigenvalue weighted by Crippen LogP contribution is 2.29. The first-order chi connectivity index (χ1) is 13.6. The molecule has 0 aliphatic heterocycles. The summed E-state index contributed by atoms with van der Waals surface area (Å²) >= 11 is 0. The predicted molar refractivity (Wildman–Crippen MR) is 112 cm³/mol. The Labute approximate surface area is 170 Å². The van der Waals surface area contributed by atoms with Crippen LogP contribution in [0.15, 0.2) is 48.9 Å². The first-order valence-electron chi connectivity index (χ1n) is 9.55. The van der Waals surface area contributed by atoms with Gasteiger partial charge in [0, 0.05) is 28.4 Å². The number of nitrogens with zero attached hydrogens (tertiary/aromatic N) is 3. The zero-order chi connectivity index (χ0) is 21.2. The highest BCUT2D eigenvalue weighted by atomic mass is 19.1. The molecular formula is C23H25FN4O. The van der Waals surface area contributed by atoms with Crippen LogP contribution in [-0.2, 0) is 0 Å². The lowest BCUT2D eigenvalue weighted by molar-refractivity contribution is 0.0919. The molecule has 2 aromatic heterocycles. The molecule has 29 heavy (non-hydrogen) atoms. The Balaban J connectivity index is 2.18. The van der Waals surface area contributed by atoms with Crippen LogP contribution < -0.4 is 5.32 Å². The van der Waals surface area contributed by atoms with Gasteiger partial charge in [-0.05, 0) is 63.1 Å². The van der Waals surface area contributed by atoms with E-state index in [9.17, 15) is 9.18 Å². The second kappa shape index (κ2) is 8.07. The SMILES string of the molecule is CC(C)c1ncncc1-c1cc(C(=O)NC(C)(C)C)cc(-c2ccc(F)cc2)n1. The summed E-state index contributed by atoms with van der Waals surface area (Å²) in [5, 5.41) is 2.98. The lowest BCUT2D eigenvalue weighted by atomic mass is 9.99. The number of hydrogen-bond donors (Lipinski definition) is 1. The molecule has 3 rings (SSSR count). The minimum atomic E-state index is -0.379. The van der Waals surface area contributed by atoms with Crippen LogP contribution >= 0.6 is 0 Å². The van der Waals surface area contributed by atoms with Crippen LogP contribution in [0.1, 0.15) is 56.6 Å². The van der Waals surface area contributed by atoms with Gasteiger partial charge in [-0.15, -0.1) is 0 Å². The van der Waals surface area contributed by atoms with Crippen LogP contribution in [0.5, 0.6) is 0 Å². The molecule has 150 valence electrons. The molecule has 0 aliphatic rings. The fourth-order valence-corrected chi connectivity index (χ4v) is 2.98. The number of nitrogens with one attached hydrogen (secondary N) is 1. The molecule has 0 radical (unpaired) electrons. The molecule has 1 aromatic carbocycles. The Kier molecular flexibility index (Phi) is 5.73. The van der Waals surface area contributed by atoms with Gasteiger partial charge >= 0.3 is 0 Å². The summed E-state index contributed by atoms with van der Waals surface area (Å²) in [6, 6.07) is 9.53. The maximum absolute atomic E-state index is 13.4. The molecule has 0 saturated carbocycles. The van der Waals surface area contributed by atoms with Crippen molar-refractivity contribution in [1.29, 1.82) is 0 Å². The Morgan fingerprint density at radius 1 is 1.07 bits per heavy atom. The van der Waals surface area contributed by atoms with E-state index in [2.05, 4.69) is 15.3 Å². The van der Waals surface area contributed by atoms with Crippen molar-refractivity contribution in [3.05, 3.63) is 66.0 Å². The van der Waals surface area contributed by atoms with Crippen LogP contribution in [0.2, 0.25) is 0 Å². The van der Waals surface area contributed by atoms with Gasteiger partial charge < -0.3 is 5.32 Å². The van der Waals surface area contributed by atoms with Crippen molar-refractivity contribution in [2.75, 3.05) is 0 Å².